The molecule has 1 saturated heterocycles. The Bertz CT molecular complexity index is 480. The first-order chi connectivity index (χ1) is 9.60. The van der Waals surface area contributed by atoms with Crippen LogP contribution in [0.2, 0.25) is 0 Å². The van der Waals surface area contributed by atoms with Gasteiger partial charge in [-0.2, -0.15) is 0 Å². The van der Waals surface area contributed by atoms with Crippen molar-refractivity contribution in [2.24, 2.45) is 0 Å². The van der Waals surface area contributed by atoms with E-state index in [0.717, 1.165) is 31.4 Å². The summed E-state index contributed by atoms with van der Waals surface area (Å²) >= 11 is 0. The topological polar surface area (TPSA) is 51.9 Å². The smallest absolute Gasteiger partial charge is 0.289 e. The van der Waals surface area contributed by atoms with Crippen LogP contribution in [0.4, 0.5) is 0 Å². The van der Waals surface area contributed by atoms with E-state index in [4.69, 9.17) is 13.9 Å². The lowest BCUT2D eigenvalue weighted by Crippen LogP contribution is -2.44. The van der Waals surface area contributed by atoms with Crippen LogP contribution in [0.5, 0.6) is 0 Å². The molecule has 110 valence electrons. The largest absolute Gasteiger partial charge is 0.456 e. The Morgan fingerprint density at radius 3 is 2.45 bits per heavy atom. The van der Waals surface area contributed by atoms with Crippen LogP contribution in [0.1, 0.15) is 42.0 Å². The number of hydrogen-bond donors (Lipinski definition) is 0. The average molecular weight is 279 g/mol. The Morgan fingerprint density at radius 2 is 1.90 bits per heavy atom. The summed E-state index contributed by atoms with van der Waals surface area (Å²) in [6, 6.07) is 3.78. The van der Waals surface area contributed by atoms with Crippen molar-refractivity contribution in [1.29, 1.82) is 0 Å². The normalized spacial score (nSPS) is 22.3. The molecule has 1 saturated carbocycles. The molecule has 1 aliphatic carbocycles. The molecular weight excluding hydrogens is 258 g/mol. The van der Waals surface area contributed by atoms with Crippen molar-refractivity contribution in [1.82, 2.24) is 4.90 Å². The maximum Gasteiger partial charge on any atom is 0.289 e. The van der Waals surface area contributed by atoms with E-state index in [-0.39, 0.29) is 17.7 Å². The number of aryl methyl sites for hydroxylation is 1. The summed E-state index contributed by atoms with van der Waals surface area (Å²) in [5.41, 5.74) is 0. The zero-order valence-electron chi connectivity index (χ0n) is 12.1. The van der Waals surface area contributed by atoms with Gasteiger partial charge in [-0.25, -0.2) is 0 Å². The van der Waals surface area contributed by atoms with Gasteiger partial charge in [0, 0.05) is 25.9 Å². The summed E-state index contributed by atoms with van der Waals surface area (Å²) in [5, 5.41) is 0. The van der Waals surface area contributed by atoms with E-state index in [1.54, 1.807) is 11.0 Å². The number of ether oxygens (including phenoxy) is 2. The molecule has 5 nitrogen and oxygen atoms in total. The summed E-state index contributed by atoms with van der Waals surface area (Å²) in [7, 11) is 1.85. The van der Waals surface area contributed by atoms with Gasteiger partial charge in [0.25, 0.3) is 5.91 Å². The maximum absolute atomic E-state index is 12.3. The fraction of sp³-hybridized carbons (Fsp3) is 0.667. The summed E-state index contributed by atoms with van der Waals surface area (Å²) in [6.45, 7) is 3.21. The molecule has 2 fully saturated rings. The van der Waals surface area contributed by atoms with Gasteiger partial charge in [-0.05, 0) is 31.9 Å². The highest BCUT2D eigenvalue weighted by atomic mass is 16.7. The lowest BCUT2D eigenvalue weighted by molar-refractivity contribution is -0.182. The van der Waals surface area contributed by atoms with Crippen molar-refractivity contribution in [2.45, 2.75) is 44.4 Å². The molecule has 0 bridgehead atoms. The highest BCUT2D eigenvalue weighted by Crippen LogP contribution is 2.37. The number of nitrogens with zero attached hydrogens (tertiary/aromatic N) is 1. The SMILES string of the molecule is Cc1ccc(C(=O)N(C)C2CCC3(CC2)OCCO3)o1. The van der Waals surface area contributed by atoms with Crippen LogP contribution in [0.25, 0.3) is 0 Å². The number of amides is 1. The standard InChI is InChI=1S/C15H21NO4/c1-11-3-4-13(20-11)14(17)16(2)12-5-7-15(8-6-12)18-9-10-19-15/h3-4,12H,5-10H2,1-2H3. The van der Waals surface area contributed by atoms with E-state index in [1.807, 2.05) is 20.0 Å². The van der Waals surface area contributed by atoms with Crippen LogP contribution >= 0.6 is 0 Å². The second-order valence-corrected chi connectivity index (χ2v) is 5.67. The van der Waals surface area contributed by atoms with E-state index >= 15 is 0 Å². The van der Waals surface area contributed by atoms with Crippen molar-refractivity contribution < 1.29 is 18.7 Å². The molecule has 0 N–H and O–H groups in total. The molecule has 1 amide bonds. The second kappa shape index (κ2) is 5.22. The molecule has 2 aliphatic rings. The third kappa shape index (κ3) is 2.47. The predicted molar refractivity (Wildman–Crippen MR) is 72.4 cm³/mol. The van der Waals surface area contributed by atoms with Crippen molar-refractivity contribution in [3.05, 3.63) is 23.7 Å². The Balaban J connectivity index is 1.61. The number of hydrogen-bond acceptors (Lipinski definition) is 4. The van der Waals surface area contributed by atoms with Crippen LogP contribution in [0.15, 0.2) is 16.5 Å². The number of carbonyl (C=O) groups excluding carboxylic acids is 1. The van der Waals surface area contributed by atoms with Gasteiger partial charge >= 0.3 is 0 Å². The molecule has 0 atom stereocenters. The highest BCUT2D eigenvalue weighted by molar-refractivity contribution is 5.91. The van der Waals surface area contributed by atoms with Gasteiger partial charge in [0.15, 0.2) is 11.5 Å². The minimum Gasteiger partial charge on any atom is -0.456 e. The Kier molecular flexibility index (Phi) is 3.56. The first-order valence-corrected chi connectivity index (χ1v) is 7.21. The predicted octanol–water partition coefficient (Wildman–Crippen LogP) is 2.35. The molecule has 0 radical (unpaired) electrons. The van der Waals surface area contributed by atoms with Crippen molar-refractivity contribution in [3.63, 3.8) is 0 Å². The summed E-state index contributed by atoms with van der Waals surface area (Å²) in [5.74, 6) is 0.754. The van der Waals surface area contributed by atoms with Crippen molar-refractivity contribution in [3.8, 4) is 0 Å². The van der Waals surface area contributed by atoms with E-state index in [0.29, 0.717) is 19.0 Å². The van der Waals surface area contributed by atoms with Gasteiger partial charge in [0.2, 0.25) is 0 Å². The quantitative estimate of drug-likeness (QED) is 0.834. The van der Waals surface area contributed by atoms with E-state index < -0.39 is 0 Å². The molecule has 5 heteroatoms. The minimum absolute atomic E-state index is 0.0488. The number of rotatable bonds is 2. The Labute approximate surface area is 118 Å². The van der Waals surface area contributed by atoms with Crippen molar-refractivity contribution >= 4 is 5.91 Å². The highest BCUT2D eigenvalue weighted by Gasteiger charge is 2.41. The van der Waals surface area contributed by atoms with Crippen LogP contribution in [-0.4, -0.2) is 42.9 Å². The molecule has 20 heavy (non-hydrogen) atoms. The second-order valence-electron chi connectivity index (χ2n) is 5.67. The zero-order chi connectivity index (χ0) is 14.2. The average Bonchev–Trinajstić information content (AvgIpc) is 3.08. The first-order valence-electron chi connectivity index (χ1n) is 7.21. The van der Waals surface area contributed by atoms with E-state index in [9.17, 15) is 4.79 Å². The summed E-state index contributed by atoms with van der Waals surface area (Å²) in [6.07, 6.45) is 3.52. The molecule has 3 rings (SSSR count). The lowest BCUT2D eigenvalue weighted by atomic mass is 9.89. The Morgan fingerprint density at radius 1 is 1.25 bits per heavy atom. The van der Waals surface area contributed by atoms with Gasteiger partial charge in [0.1, 0.15) is 5.76 Å². The van der Waals surface area contributed by atoms with Crippen LogP contribution in [0.3, 0.4) is 0 Å². The molecule has 0 unspecified atom stereocenters. The third-order valence-corrected chi connectivity index (χ3v) is 4.35. The fourth-order valence-electron chi connectivity index (χ4n) is 3.10. The number of carbonyl (C=O) groups is 1. The zero-order valence-corrected chi connectivity index (χ0v) is 12.1. The third-order valence-electron chi connectivity index (χ3n) is 4.35. The molecule has 1 aromatic rings. The summed E-state index contributed by atoms with van der Waals surface area (Å²) < 4.78 is 16.8. The van der Waals surface area contributed by atoms with Crippen LogP contribution in [-0.2, 0) is 9.47 Å². The monoisotopic (exact) mass is 279 g/mol. The van der Waals surface area contributed by atoms with Gasteiger partial charge in [0.05, 0.1) is 13.2 Å². The lowest BCUT2D eigenvalue weighted by Gasteiger charge is -2.38. The Hall–Kier alpha value is -1.33. The number of furan rings is 1. The molecule has 2 heterocycles. The van der Waals surface area contributed by atoms with E-state index in [1.165, 1.54) is 0 Å². The molecular formula is C15H21NO4. The fourth-order valence-corrected chi connectivity index (χ4v) is 3.10. The van der Waals surface area contributed by atoms with Crippen LogP contribution < -0.4 is 0 Å². The minimum atomic E-state index is -0.373. The van der Waals surface area contributed by atoms with Crippen molar-refractivity contribution in [2.75, 3.05) is 20.3 Å². The summed E-state index contributed by atoms with van der Waals surface area (Å²) in [4.78, 5) is 14.1. The van der Waals surface area contributed by atoms with Crippen LogP contribution in [0, 0.1) is 6.92 Å². The van der Waals surface area contributed by atoms with Gasteiger partial charge in [-0.15, -0.1) is 0 Å². The molecule has 1 aliphatic heterocycles. The van der Waals surface area contributed by atoms with Gasteiger partial charge in [-0.3, -0.25) is 4.79 Å². The maximum atomic E-state index is 12.3. The van der Waals surface area contributed by atoms with E-state index in [2.05, 4.69) is 0 Å². The van der Waals surface area contributed by atoms with Gasteiger partial charge in [-0.1, -0.05) is 0 Å². The molecule has 1 spiro atoms. The molecule has 1 aromatic heterocycles. The first kappa shape index (κ1) is 13.6. The van der Waals surface area contributed by atoms with Gasteiger partial charge < -0.3 is 18.8 Å². The molecule has 0 aromatic carbocycles.